The summed E-state index contributed by atoms with van der Waals surface area (Å²) in [4.78, 5) is 2.78. The maximum Gasteiger partial charge on any atom is 0.0388 e. The van der Waals surface area contributed by atoms with Gasteiger partial charge in [-0.1, -0.05) is 32.9 Å². The molecular formula is C14H21NS2. The molecule has 0 atom stereocenters. The Kier molecular flexibility index (Phi) is 3.54. The average molecular weight is 267 g/mol. The minimum Gasteiger partial charge on any atom is -0.180 e. The molecule has 1 aromatic rings. The first-order chi connectivity index (χ1) is 7.78. The Labute approximate surface area is 114 Å². The first-order valence-electron chi connectivity index (χ1n) is 6.03. The van der Waals surface area contributed by atoms with Gasteiger partial charge in [-0.15, -0.1) is 0 Å². The molecule has 1 nitrogen and oxygen atoms in total. The van der Waals surface area contributed by atoms with E-state index in [4.69, 9.17) is 0 Å². The summed E-state index contributed by atoms with van der Waals surface area (Å²) >= 11 is 3.76. The van der Waals surface area contributed by atoms with E-state index in [1.807, 2.05) is 23.9 Å². The highest BCUT2D eigenvalue weighted by molar-refractivity contribution is 8.14. The monoisotopic (exact) mass is 267 g/mol. The lowest BCUT2D eigenvalue weighted by Crippen LogP contribution is -2.37. The van der Waals surface area contributed by atoms with Crippen molar-refractivity contribution in [2.75, 3.05) is 0 Å². The van der Waals surface area contributed by atoms with Crippen molar-refractivity contribution in [1.29, 1.82) is 0 Å². The van der Waals surface area contributed by atoms with Crippen LogP contribution in [0.5, 0.6) is 0 Å². The van der Waals surface area contributed by atoms with E-state index in [-0.39, 0.29) is 5.54 Å². The average Bonchev–Trinajstić information content (AvgIpc) is 2.57. The van der Waals surface area contributed by atoms with Crippen molar-refractivity contribution < 1.29 is 0 Å². The van der Waals surface area contributed by atoms with Gasteiger partial charge in [0.05, 0.1) is 0 Å². The van der Waals surface area contributed by atoms with Gasteiger partial charge in [0, 0.05) is 15.3 Å². The molecule has 1 aliphatic heterocycles. The normalized spacial score (nSPS) is 17.2. The van der Waals surface area contributed by atoms with Crippen LogP contribution in [0.4, 0.5) is 0 Å². The number of hydrogen-bond donors (Lipinski definition) is 0. The fourth-order valence-electron chi connectivity index (χ4n) is 2.41. The molecule has 94 valence electrons. The van der Waals surface area contributed by atoms with E-state index in [1.54, 1.807) is 0 Å². The SMILES string of the molecule is CC(C)(C)CC(C)(C)N1Sc2ccccc2S1. The molecule has 0 saturated carbocycles. The third-order valence-corrected chi connectivity index (χ3v) is 5.67. The fourth-order valence-corrected chi connectivity index (χ4v) is 4.84. The standard InChI is InChI=1S/C14H21NS2/c1-13(2,3)10-14(4,5)15-16-11-8-6-7-9-12(11)17-15/h6-9H,10H2,1-5H3. The van der Waals surface area contributed by atoms with E-state index in [0.29, 0.717) is 5.41 Å². The molecule has 17 heavy (non-hydrogen) atoms. The lowest BCUT2D eigenvalue weighted by molar-refractivity contribution is 0.229. The minimum absolute atomic E-state index is 0.201. The van der Waals surface area contributed by atoms with Crippen LogP contribution < -0.4 is 0 Å². The number of benzene rings is 1. The highest BCUT2D eigenvalue weighted by Crippen LogP contribution is 2.52. The molecule has 3 heteroatoms. The Morgan fingerprint density at radius 3 is 1.82 bits per heavy atom. The second-order valence-electron chi connectivity index (χ2n) is 6.44. The number of hydrogen-bond acceptors (Lipinski definition) is 3. The van der Waals surface area contributed by atoms with Gasteiger partial charge in [-0.25, -0.2) is 0 Å². The molecule has 0 spiro atoms. The number of fused-ring (bicyclic) bond motifs is 1. The Morgan fingerprint density at radius 2 is 1.41 bits per heavy atom. The maximum atomic E-state index is 2.45. The summed E-state index contributed by atoms with van der Waals surface area (Å²) in [5.41, 5.74) is 0.562. The summed E-state index contributed by atoms with van der Waals surface area (Å²) in [6.45, 7) is 11.6. The van der Waals surface area contributed by atoms with Gasteiger partial charge in [0.2, 0.25) is 0 Å². The molecule has 0 N–H and O–H groups in total. The molecule has 0 unspecified atom stereocenters. The molecule has 0 radical (unpaired) electrons. The van der Waals surface area contributed by atoms with Gasteiger partial charge in [0.25, 0.3) is 0 Å². The smallest absolute Gasteiger partial charge is 0.0388 e. The molecule has 1 aliphatic rings. The van der Waals surface area contributed by atoms with Gasteiger partial charge < -0.3 is 0 Å². The zero-order valence-corrected chi connectivity index (χ0v) is 12.9. The lowest BCUT2D eigenvalue weighted by Gasteiger charge is -2.37. The lowest BCUT2D eigenvalue weighted by atomic mass is 9.82. The van der Waals surface area contributed by atoms with Crippen molar-refractivity contribution in [3.05, 3.63) is 24.3 Å². The van der Waals surface area contributed by atoms with Crippen molar-refractivity contribution in [1.82, 2.24) is 3.71 Å². The molecular weight excluding hydrogens is 246 g/mol. The summed E-state index contributed by atoms with van der Waals surface area (Å²) in [7, 11) is 0. The van der Waals surface area contributed by atoms with E-state index < -0.39 is 0 Å². The van der Waals surface area contributed by atoms with Gasteiger partial charge in [0.1, 0.15) is 0 Å². The van der Waals surface area contributed by atoms with Crippen LogP contribution in [0.3, 0.4) is 0 Å². The van der Waals surface area contributed by atoms with Crippen LogP contribution in [-0.2, 0) is 0 Å². The minimum atomic E-state index is 0.201. The summed E-state index contributed by atoms with van der Waals surface area (Å²) in [5.74, 6) is 0. The Balaban J connectivity index is 2.12. The summed E-state index contributed by atoms with van der Waals surface area (Å²) < 4.78 is 2.45. The predicted octanol–water partition coefficient (Wildman–Crippen LogP) is 5.23. The van der Waals surface area contributed by atoms with Crippen molar-refractivity contribution >= 4 is 23.9 Å². The van der Waals surface area contributed by atoms with Gasteiger partial charge >= 0.3 is 0 Å². The zero-order valence-electron chi connectivity index (χ0n) is 11.3. The van der Waals surface area contributed by atoms with Crippen LogP contribution in [0.25, 0.3) is 0 Å². The van der Waals surface area contributed by atoms with Crippen molar-refractivity contribution in [2.45, 2.75) is 56.4 Å². The van der Waals surface area contributed by atoms with Crippen LogP contribution in [0.15, 0.2) is 34.1 Å². The van der Waals surface area contributed by atoms with Gasteiger partial charge in [-0.3, -0.25) is 0 Å². The van der Waals surface area contributed by atoms with Crippen molar-refractivity contribution in [3.63, 3.8) is 0 Å². The van der Waals surface area contributed by atoms with Crippen LogP contribution in [-0.4, -0.2) is 9.25 Å². The summed E-state index contributed by atoms with van der Waals surface area (Å²) in [6.07, 6.45) is 1.19. The molecule has 0 bridgehead atoms. The molecule has 1 aromatic carbocycles. The second kappa shape index (κ2) is 4.52. The van der Waals surface area contributed by atoms with Crippen molar-refractivity contribution in [3.8, 4) is 0 Å². The van der Waals surface area contributed by atoms with Crippen LogP contribution in [0.2, 0.25) is 0 Å². The maximum absolute atomic E-state index is 2.45. The third kappa shape index (κ3) is 3.21. The highest BCUT2D eigenvalue weighted by Gasteiger charge is 2.36. The van der Waals surface area contributed by atoms with Gasteiger partial charge in [-0.05, 0) is 61.7 Å². The topological polar surface area (TPSA) is 3.24 Å². The van der Waals surface area contributed by atoms with Crippen molar-refractivity contribution in [2.24, 2.45) is 5.41 Å². The van der Waals surface area contributed by atoms with Gasteiger partial charge in [0.15, 0.2) is 0 Å². The van der Waals surface area contributed by atoms with Crippen LogP contribution >= 0.6 is 23.9 Å². The second-order valence-corrected chi connectivity index (χ2v) is 8.64. The molecule has 1 heterocycles. The Hall–Kier alpha value is -0.120. The van der Waals surface area contributed by atoms with Gasteiger partial charge in [-0.2, -0.15) is 3.71 Å². The predicted molar refractivity (Wildman–Crippen MR) is 78.1 cm³/mol. The molecule has 0 aliphatic carbocycles. The summed E-state index contributed by atoms with van der Waals surface area (Å²) in [5, 5.41) is 0. The highest BCUT2D eigenvalue weighted by atomic mass is 32.2. The van der Waals surface area contributed by atoms with E-state index in [9.17, 15) is 0 Å². The number of rotatable bonds is 2. The van der Waals surface area contributed by atoms with E-state index in [2.05, 4.69) is 62.6 Å². The van der Waals surface area contributed by atoms with Crippen LogP contribution in [0.1, 0.15) is 41.0 Å². The summed E-state index contributed by atoms with van der Waals surface area (Å²) in [6, 6.07) is 8.65. The molecule has 0 fully saturated rings. The van der Waals surface area contributed by atoms with E-state index in [0.717, 1.165) is 0 Å². The first-order valence-corrected chi connectivity index (χ1v) is 7.58. The fraction of sp³-hybridized carbons (Fsp3) is 0.571. The number of nitrogens with zero attached hydrogens (tertiary/aromatic N) is 1. The largest absolute Gasteiger partial charge is 0.180 e. The molecule has 0 aromatic heterocycles. The van der Waals surface area contributed by atoms with E-state index >= 15 is 0 Å². The first kappa shape index (κ1) is 13.3. The van der Waals surface area contributed by atoms with Crippen LogP contribution in [0, 0.1) is 5.41 Å². The quantitative estimate of drug-likeness (QED) is 0.675. The molecule has 0 amide bonds. The Bertz CT molecular complexity index is 382. The third-order valence-electron chi connectivity index (χ3n) is 2.67. The molecule has 0 saturated heterocycles. The molecule has 2 rings (SSSR count). The Morgan fingerprint density at radius 1 is 0.941 bits per heavy atom. The van der Waals surface area contributed by atoms with E-state index in [1.165, 1.54) is 16.2 Å². The zero-order chi connectivity index (χ0) is 12.7.